The predicted octanol–water partition coefficient (Wildman–Crippen LogP) is 2.39. The first-order valence-electron chi connectivity index (χ1n) is 10.7. The molecule has 0 spiro atoms. The molecular formula is C23H26N6O4. The third kappa shape index (κ3) is 4.64. The maximum absolute atomic E-state index is 13.3. The van der Waals surface area contributed by atoms with Gasteiger partial charge in [0, 0.05) is 31.6 Å². The van der Waals surface area contributed by atoms with E-state index in [0.717, 1.165) is 5.56 Å². The molecule has 0 saturated carbocycles. The van der Waals surface area contributed by atoms with Crippen LogP contribution >= 0.6 is 0 Å². The highest BCUT2D eigenvalue weighted by Crippen LogP contribution is 2.31. The van der Waals surface area contributed by atoms with Crippen LogP contribution in [0.15, 0.2) is 24.5 Å². The Morgan fingerprint density at radius 2 is 2.12 bits per heavy atom. The van der Waals surface area contributed by atoms with Gasteiger partial charge in [0.1, 0.15) is 17.0 Å². The number of amides is 2. The zero-order valence-electron chi connectivity index (χ0n) is 19.1. The number of nitrogens with zero attached hydrogens (tertiary/aromatic N) is 6. The summed E-state index contributed by atoms with van der Waals surface area (Å²) in [6.07, 6.45) is 3.31. The van der Waals surface area contributed by atoms with E-state index in [1.807, 2.05) is 20.8 Å². The number of hydrogen-bond donors (Lipinski definition) is 0. The number of hydrogen-bond acceptors (Lipinski definition) is 8. The minimum absolute atomic E-state index is 0.189. The van der Waals surface area contributed by atoms with Crippen molar-refractivity contribution in [3.05, 3.63) is 41.3 Å². The van der Waals surface area contributed by atoms with Crippen molar-refractivity contribution in [2.24, 2.45) is 0 Å². The Labute approximate surface area is 192 Å². The molecular weight excluding hydrogens is 424 g/mol. The van der Waals surface area contributed by atoms with Crippen molar-refractivity contribution in [2.75, 3.05) is 20.3 Å². The number of ether oxygens (including phenoxy) is 2. The van der Waals surface area contributed by atoms with Gasteiger partial charge < -0.3 is 19.3 Å². The van der Waals surface area contributed by atoms with Crippen LogP contribution < -0.4 is 0 Å². The van der Waals surface area contributed by atoms with Crippen LogP contribution in [0, 0.1) is 11.3 Å². The van der Waals surface area contributed by atoms with Crippen molar-refractivity contribution in [1.29, 1.82) is 5.26 Å². The lowest BCUT2D eigenvalue weighted by atomic mass is 10.1. The van der Waals surface area contributed by atoms with Gasteiger partial charge in [0.25, 0.3) is 5.91 Å². The van der Waals surface area contributed by atoms with Crippen LogP contribution in [-0.2, 0) is 16.0 Å². The van der Waals surface area contributed by atoms with Crippen LogP contribution in [-0.4, -0.2) is 74.7 Å². The minimum atomic E-state index is -0.616. The summed E-state index contributed by atoms with van der Waals surface area (Å²) < 4.78 is 10.9. The number of likely N-dealkylation sites (tertiary alicyclic amines) is 1. The van der Waals surface area contributed by atoms with E-state index in [9.17, 15) is 9.59 Å². The van der Waals surface area contributed by atoms with Gasteiger partial charge in [0.15, 0.2) is 5.82 Å². The quantitative estimate of drug-likeness (QED) is 0.696. The zero-order valence-corrected chi connectivity index (χ0v) is 19.1. The molecule has 2 atom stereocenters. The lowest BCUT2D eigenvalue weighted by molar-refractivity contribution is 0.0140. The van der Waals surface area contributed by atoms with Crippen LogP contribution in [0.2, 0.25) is 0 Å². The number of aromatic nitrogens is 3. The van der Waals surface area contributed by atoms with Gasteiger partial charge in [-0.2, -0.15) is 5.26 Å². The highest BCUT2D eigenvalue weighted by atomic mass is 16.6. The van der Waals surface area contributed by atoms with Crippen LogP contribution in [0.3, 0.4) is 0 Å². The second-order valence-corrected chi connectivity index (χ2v) is 9.17. The van der Waals surface area contributed by atoms with Gasteiger partial charge in [-0.3, -0.25) is 9.78 Å². The summed E-state index contributed by atoms with van der Waals surface area (Å²) in [5.74, 6) is 0.0809. The molecule has 0 N–H and O–H groups in total. The van der Waals surface area contributed by atoms with Crippen LogP contribution in [0.25, 0.3) is 11.5 Å². The first-order chi connectivity index (χ1) is 15.7. The van der Waals surface area contributed by atoms with Gasteiger partial charge in [-0.1, -0.05) is 0 Å². The summed E-state index contributed by atoms with van der Waals surface area (Å²) in [5.41, 5.74) is 1.30. The van der Waals surface area contributed by atoms with Crippen molar-refractivity contribution < 1.29 is 19.1 Å². The number of carbonyl (C=O) groups excluding carboxylic acids is 2. The molecule has 0 aliphatic carbocycles. The van der Waals surface area contributed by atoms with Crippen molar-refractivity contribution in [1.82, 2.24) is 24.8 Å². The zero-order chi connectivity index (χ0) is 23.8. The summed E-state index contributed by atoms with van der Waals surface area (Å²) in [4.78, 5) is 42.4. The normalized spacial score (nSPS) is 20.0. The minimum Gasteiger partial charge on any atom is -0.444 e. The van der Waals surface area contributed by atoms with E-state index < -0.39 is 11.7 Å². The van der Waals surface area contributed by atoms with Crippen molar-refractivity contribution >= 4 is 12.0 Å². The fourth-order valence-corrected chi connectivity index (χ4v) is 4.15. The molecule has 33 heavy (non-hydrogen) atoms. The molecule has 2 aliphatic rings. The third-order valence-electron chi connectivity index (χ3n) is 5.61. The van der Waals surface area contributed by atoms with E-state index in [4.69, 9.17) is 14.7 Å². The molecule has 0 unspecified atom stereocenters. The number of nitriles is 1. The topological polar surface area (TPSA) is 122 Å². The highest BCUT2D eigenvalue weighted by Gasteiger charge is 2.44. The van der Waals surface area contributed by atoms with E-state index in [-0.39, 0.29) is 18.0 Å². The maximum atomic E-state index is 13.3. The lowest BCUT2D eigenvalue weighted by Crippen LogP contribution is -2.43. The first-order valence-corrected chi connectivity index (χ1v) is 10.7. The Balaban J connectivity index is 1.54. The van der Waals surface area contributed by atoms with E-state index in [2.05, 4.69) is 21.0 Å². The predicted molar refractivity (Wildman–Crippen MR) is 117 cm³/mol. The molecule has 10 heteroatoms. The highest BCUT2D eigenvalue weighted by molar-refractivity contribution is 5.97. The number of fused-ring (bicyclic) bond motifs is 1. The molecule has 0 bridgehead atoms. The van der Waals surface area contributed by atoms with Crippen molar-refractivity contribution in [3.8, 4) is 17.6 Å². The van der Waals surface area contributed by atoms with Crippen molar-refractivity contribution in [3.63, 3.8) is 0 Å². The van der Waals surface area contributed by atoms with Gasteiger partial charge in [-0.05, 0) is 39.3 Å². The summed E-state index contributed by atoms with van der Waals surface area (Å²) in [6, 6.07) is 4.86. The van der Waals surface area contributed by atoms with E-state index >= 15 is 0 Å². The molecule has 0 radical (unpaired) electrons. The molecule has 2 aromatic heterocycles. The van der Waals surface area contributed by atoms with Crippen LogP contribution in [0.4, 0.5) is 4.79 Å². The molecule has 0 aromatic carbocycles. The van der Waals surface area contributed by atoms with Crippen molar-refractivity contribution in [2.45, 2.75) is 51.4 Å². The summed E-state index contributed by atoms with van der Waals surface area (Å²) >= 11 is 0. The van der Waals surface area contributed by atoms with Gasteiger partial charge >= 0.3 is 6.09 Å². The summed E-state index contributed by atoms with van der Waals surface area (Å²) in [6.45, 7) is 6.54. The second kappa shape index (κ2) is 8.75. The van der Waals surface area contributed by atoms with Crippen LogP contribution in [0.1, 0.15) is 48.8 Å². The van der Waals surface area contributed by atoms with Gasteiger partial charge in [0.05, 0.1) is 36.9 Å². The number of methoxy groups -OCH3 is 1. The standard InChI is InChI=1S/C23H26N6O4/c1-23(2,3)33-22(31)29-12-16(8-17(29)13-32-4)28-11-15-10-26-20(27-19(15)21(28)30)18-7-14(9-24)5-6-25-18/h5-7,10,16-17H,8,11-13H2,1-4H3/t16-,17+/m1/s1. The van der Waals surface area contributed by atoms with Gasteiger partial charge in [-0.15, -0.1) is 0 Å². The van der Waals surface area contributed by atoms with E-state index in [1.165, 1.54) is 6.20 Å². The largest absolute Gasteiger partial charge is 0.444 e. The molecule has 172 valence electrons. The number of rotatable bonds is 4. The smallest absolute Gasteiger partial charge is 0.410 e. The average Bonchev–Trinajstić information content (AvgIpc) is 3.34. The number of carbonyl (C=O) groups is 2. The number of pyridine rings is 1. The Morgan fingerprint density at radius 1 is 1.33 bits per heavy atom. The molecule has 2 aromatic rings. The molecule has 1 fully saturated rings. The van der Waals surface area contributed by atoms with E-state index in [0.29, 0.717) is 48.9 Å². The molecule has 10 nitrogen and oxygen atoms in total. The van der Waals surface area contributed by atoms with Gasteiger partial charge in [-0.25, -0.2) is 14.8 Å². The second-order valence-electron chi connectivity index (χ2n) is 9.17. The Kier molecular flexibility index (Phi) is 5.99. The fraction of sp³-hybridized carbons (Fsp3) is 0.478. The third-order valence-corrected chi connectivity index (χ3v) is 5.61. The Hall–Kier alpha value is -3.58. The van der Waals surface area contributed by atoms with E-state index in [1.54, 1.807) is 35.2 Å². The maximum Gasteiger partial charge on any atom is 0.410 e. The average molecular weight is 450 g/mol. The SMILES string of the molecule is COC[C@@H]1C[C@@H](N2Cc3cnc(-c4cc(C#N)ccn4)nc3C2=O)CN1C(=O)OC(C)(C)C. The monoisotopic (exact) mass is 450 g/mol. The first kappa shape index (κ1) is 22.6. The van der Waals surface area contributed by atoms with Crippen LogP contribution in [0.5, 0.6) is 0 Å². The fourth-order valence-electron chi connectivity index (χ4n) is 4.15. The molecule has 2 aliphatic heterocycles. The Morgan fingerprint density at radius 3 is 2.82 bits per heavy atom. The van der Waals surface area contributed by atoms with Gasteiger partial charge in [0.2, 0.25) is 0 Å². The molecule has 1 saturated heterocycles. The molecule has 4 heterocycles. The summed E-state index contributed by atoms with van der Waals surface area (Å²) in [7, 11) is 1.59. The lowest BCUT2D eigenvalue weighted by Gasteiger charge is -2.28. The Bertz CT molecular complexity index is 1120. The molecule has 4 rings (SSSR count). The molecule has 2 amide bonds. The summed E-state index contributed by atoms with van der Waals surface area (Å²) in [5, 5.41) is 9.12.